The molecule has 0 aliphatic rings. The maximum Gasteiger partial charge on any atom is 0.414 e. The van der Waals surface area contributed by atoms with E-state index in [4.69, 9.17) is 10.5 Å². The Morgan fingerprint density at radius 3 is 2.61 bits per heavy atom. The first-order chi connectivity index (χ1) is 8.50. The Balaban J connectivity index is 2.54. The lowest BCUT2D eigenvalue weighted by Crippen LogP contribution is -2.26. The fourth-order valence-corrected chi connectivity index (χ4v) is 1.85. The van der Waals surface area contributed by atoms with E-state index in [9.17, 15) is 4.79 Å². The Labute approximate surface area is 106 Å². The van der Waals surface area contributed by atoms with Gasteiger partial charge in [-0.25, -0.2) is 4.79 Å². The number of nitrogens with zero attached hydrogens (tertiary/aromatic N) is 1. The summed E-state index contributed by atoms with van der Waals surface area (Å²) in [6.45, 7) is 1.90. The summed E-state index contributed by atoms with van der Waals surface area (Å²) in [7, 11) is 3.27. The third kappa shape index (κ3) is 2.09. The van der Waals surface area contributed by atoms with Crippen LogP contribution in [0.25, 0.3) is 10.8 Å². The van der Waals surface area contributed by atoms with Crippen LogP contribution in [0.3, 0.4) is 0 Å². The van der Waals surface area contributed by atoms with Crippen LogP contribution in [0.5, 0.6) is 5.75 Å². The lowest BCUT2D eigenvalue weighted by Gasteiger charge is -2.15. The molecule has 0 fully saturated rings. The first-order valence-corrected chi connectivity index (χ1v) is 5.67. The summed E-state index contributed by atoms with van der Waals surface area (Å²) in [5, 5.41) is 2.07. The van der Waals surface area contributed by atoms with Gasteiger partial charge in [-0.15, -0.1) is 0 Å². The van der Waals surface area contributed by atoms with Crippen LogP contribution in [-0.4, -0.2) is 25.1 Å². The molecule has 4 heteroatoms. The summed E-state index contributed by atoms with van der Waals surface area (Å²) in [6.07, 6.45) is -0.430. The molecule has 0 atom stereocenters. The molecule has 0 saturated carbocycles. The van der Waals surface area contributed by atoms with E-state index in [0.29, 0.717) is 11.4 Å². The molecule has 2 aromatic carbocycles. The second kappa shape index (κ2) is 4.56. The predicted octanol–water partition coefficient (Wildman–Crippen LogP) is 2.79. The highest BCUT2D eigenvalue weighted by Crippen LogP contribution is 2.33. The van der Waals surface area contributed by atoms with Crippen LogP contribution in [-0.2, 0) is 0 Å². The van der Waals surface area contributed by atoms with Crippen molar-refractivity contribution < 1.29 is 9.53 Å². The maximum atomic E-state index is 11.6. The quantitative estimate of drug-likeness (QED) is 0.785. The number of benzene rings is 2. The number of hydrogen-bond acceptors (Lipinski definition) is 3. The van der Waals surface area contributed by atoms with Crippen molar-refractivity contribution in [2.75, 3.05) is 19.8 Å². The number of aryl methyl sites for hydroxylation is 1. The molecule has 1 amide bonds. The molecule has 0 unspecified atom stereocenters. The lowest BCUT2D eigenvalue weighted by atomic mass is 10.0. The summed E-state index contributed by atoms with van der Waals surface area (Å²) in [5.74, 6) is 0.437. The van der Waals surface area contributed by atoms with E-state index in [1.165, 1.54) is 4.90 Å². The van der Waals surface area contributed by atoms with Crippen LogP contribution in [0.4, 0.5) is 10.5 Å². The Kier molecular flexibility index (Phi) is 3.10. The fraction of sp³-hybridized carbons (Fsp3) is 0.214. The van der Waals surface area contributed by atoms with Gasteiger partial charge in [0.2, 0.25) is 0 Å². The minimum atomic E-state index is -0.430. The van der Waals surface area contributed by atoms with Crippen molar-refractivity contribution in [3.8, 4) is 5.75 Å². The van der Waals surface area contributed by atoms with Gasteiger partial charge >= 0.3 is 6.09 Å². The van der Waals surface area contributed by atoms with Crippen molar-refractivity contribution in [2.45, 2.75) is 6.92 Å². The van der Waals surface area contributed by atoms with Crippen LogP contribution in [0.15, 0.2) is 30.3 Å². The molecule has 0 aliphatic heterocycles. The van der Waals surface area contributed by atoms with Gasteiger partial charge in [-0.3, -0.25) is 0 Å². The smallest absolute Gasteiger partial charge is 0.408 e. The second-order valence-corrected chi connectivity index (χ2v) is 4.40. The molecule has 2 N–H and O–H groups in total. The maximum absolute atomic E-state index is 11.6. The Morgan fingerprint density at radius 1 is 1.28 bits per heavy atom. The number of rotatable bonds is 1. The molecule has 2 rings (SSSR count). The minimum absolute atomic E-state index is 0.430. The molecule has 18 heavy (non-hydrogen) atoms. The van der Waals surface area contributed by atoms with Gasteiger partial charge in [0.05, 0.1) is 5.69 Å². The summed E-state index contributed by atoms with van der Waals surface area (Å²) < 4.78 is 5.31. The van der Waals surface area contributed by atoms with E-state index >= 15 is 0 Å². The molecule has 0 saturated heterocycles. The lowest BCUT2D eigenvalue weighted by molar-refractivity contribution is 0.172. The highest BCUT2D eigenvalue weighted by Gasteiger charge is 2.14. The number of carbonyl (C=O) groups excluding carboxylic acids is 1. The molecule has 2 aromatic rings. The average molecular weight is 244 g/mol. The van der Waals surface area contributed by atoms with Crippen LogP contribution < -0.4 is 10.5 Å². The average Bonchev–Trinajstić information content (AvgIpc) is 2.34. The Hall–Kier alpha value is -2.23. The zero-order valence-electron chi connectivity index (χ0n) is 10.7. The van der Waals surface area contributed by atoms with E-state index in [2.05, 4.69) is 0 Å². The number of ether oxygens (including phenoxy) is 1. The van der Waals surface area contributed by atoms with Crippen LogP contribution >= 0.6 is 0 Å². The summed E-state index contributed by atoms with van der Waals surface area (Å²) in [6, 6.07) is 9.68. The number of anilines is 1. The topological polar surface area (TPSA) is 55.6 Å². The number of hydrogen-bond donors (Lipinski definition) is 1. The first kappa shape index (κ1) is 12.2. The third-order valence-electron chi connectivity index (χ3n) is 2.83. The summed E-state index contributed by atoms with van der Waals surface area (Å²) >= 11 is 0. The molecular formula is C14H16N2O2. The highest BCUT2D eigenvalue weighted by atomic mass is 16.6. The van der Waals surface area contributed by atoms with Gasteiger partial charge < -0.3 is 15.4 Å². The van der Waals surface area contributed by atoms with Crippen molar-refractivity contribution in [3.05, 3.63) is 35.9 Å². The molecule has 0 bridgehead atoms. The number of amides is 1. The van der Waals surface area contributed by atoms with Gasteiger partial charge in [0.15, 0.2) is 5.75 Å². The predicted molar refractivity (Wildman–Crippen MR) is 72.8 cm³/mol. The monoisotopic (exact) mass is 244 g/mol. The fourth-order valence-electron chi connectivity index (χ4n) is 1.85. The standard InChI is InChI=1S/C14H16N2O2/c1-9-11-7-5-4-6-10(11)8-12(15)13(9)18-14(17)16(2)3/h4-8H,15H2,1-3H3. The van der Waals surface area contributed by atoms with E-state index < -0.39 is 6.09 Å². The van der Waals surface area contributed by atoms with Crippen molar-refractivity contribution >= 4 is 22.6 Å². The van der Waals surface area contributed by atoms with Crippen LogP contribution in [0, 0.1) is 6.92 Å². The van der Waals surface area contributed by atoms with Gasteiger partial charge in [0.25, 0.3) is 0 Å². The van der Waals surface area contributed by atoms with Gasteiger partial charge in [0.1, 0.15) is 0 Å². The van der Waals surface area contributed by atoms with Gasteiger partial charge in [-0.2, -0.15) is 0 Å². The SMILES string of the molecule is Cc1c(OC(=O)N(C)C)c(N)cc2ccccc12. The van der Waals surface area contributed by atoms with Crippen molar-refractivity contribution in [3.63, 3.8) is 0 Å². The van der Waals surface area contributed by atoms with E-state index in [1.54, 1.807) is 14.1 Å². The number of fused-ring (bicyclic) bond motifs is 1. The van der Waals surface area contributed by atoms with E-state index in [1.807, 2.05) is 37.3 Å². The molecule has 94 valence electrons. The molecule has 0 heterocycles. The van der Waals surface area contributed by atoms with E-state index in [0.717, 1.165) is 16.3 Å². The van der Waals surface area contributed by atoms with Gasteiger partial charge in [0, 0.05) is 19.7 Å². The second-order valence-electron chi connectivity index (χ2n) is 4.40. The third-order valence-corrected chi connectivity index (χ3v) is 2.83. The summed E-state index contributed by atoms with van der Waals surface area (Å²) in [5.41, 5.74) is 7.29. The van der Waals surface area contributed by atoms with Crippen LogP contribution in [0.2, 0.25) is 0 Å². The molecule has 4 nitrogen and oxygen atoms in total. The number of carbonyl (C=O) groups is 1. The molecule has 0 radical (unpaired) electrons. The van der Waals surface area contributed by atoms with E-state index in [-0.39, 0.29) is 0 Å². The van der Waals surface area contributed by atoms with Crippen molar-refractivity contribution in [2.24, 2.45) is 0 Å². The minimum Gasteiger partial charge on any atom is -0.408 e. The van der Waals surface area contributed by atoms with Crippen molar-refractivity contribution in [1.29, 1.82) is 0 Å². The number of nitrogen functional groups attached to an aromatic ring is 1. The van der Waals surface area contributed by atoms with Gasteiger partial charge in [-0.05, 0) is 23.8 Å². The largest absolute Gasteiger partial charge is 0.414 e. The van der Waals surface area contributed by atoms with Crippen molar-refractivity contribution in [1.82, 2.24) is 4.90 Å². The van der Waals surface area contributed by atoms with Gasteiger partial charge in [-0.1, -0.05) is 24.3 Å². The molecule has 0 aromatic heterocycles. The van der Waals surface area contributed by atoms with Crippen LogP contribution in [0.1, 0.15) is 5.56 Å². The molecule has 0 spiro atoms. The first-order valence-electron chi connectivity index (χ1n) is 5.67. The Bertz CT molecular complexity index is 606. The highest BCUT2D eigenvalue weighted by molar-refractivity contribution is 5.92. The zero-order chi connectivity index (χ0) is 13.3. The zero-order valence-corrected chi connectivity index (χ0v) is 10.7. The normalized spacial score (nSPS) is 10.4. The molecule has 0 aliphatic carbocycles. The Morgan fingerprint density at radius 2 is 1.94 bits per heavy atom. The summed E-state index contributed by atoms with van der Waals surface area (Å²) in [4.78, 5) is 13.0. The number of nitrogens with two attached hydrogens (primary N) is 1. The molecular weight excluding hydrogens is 228 g/mol.